The van der Waals surface area contributed by atoms with E-state index in [9.17, 15) is 47.9 Å². The minimum absolute atomic E-state index is 0.0198. The van der Waals surface area contributed by atoms with E-state index in [2.05, 4.69) is 5.32 Å². The minimum Gasteiger partial charge on any atom is -0.467 e. The van der Waals surface area contributed by atoms with Gasteiger partial charge in [0.15, 0.2) is 73.8 Å². The Morgan fingerprint density at radius 2 is 0.849 bits per heavy atom. The van der Waals surface area contributed by atoms with Crippen LogP contribution in [0, 0.1) is 0 Å². The molecular formula is C55H68Cl3NO27. The van der Waals surface area contributed by atoms with Gasteiger partial charge >= 0.3 is 59.8 Å². The van der Waals surface area contributed by atoms with Gasteiger partial charge in [-0.15, -0.1) is 0 Å². The summed E-state index contributed by atoms with van der Waals surface area (Å²) >= 11 is 16.9. The highest BCUT2D eigenvalue weighted by Crippen LogP contribution is 2.36. The number of carbonyl (C=O) groups is 10. The van der Waals surface area contributed by atoms with Gasteiger partial charge in [-0.3, -0.25) is 28.8 Å². The summed E-state index contributed by atoms with van der Waals surface area (Å²) < 4.78 is 97.1. The molecule has 1 N–H and O–H groups in total. The van der Waals surface area contributed by atoms with Gasteiger partial charge in [-0.1, -0.05) is 84.0 Å². The third-order valence-corrected chi connectivity index (χ3v) is 12.9. The number of alkyl halides is 3. The fraction of sp³-hybridized carbons (Fsp3) is 0.600. The third kappa shape index (κ3) is 21.7. The predicted molar refractivity (Wildman–Crippen MR) is 289 cm³/mol. The van der Waals surface area contributed by atoms with Gasteiger partial charge in [0.25, 0.3) is 0 Å². The quantitative estimate of drug-likeness (QED) is 0.0569. The SMILES string of the molecule is COC(=O)[C@H]1O[C@@H](OC[C@H]2O[C@@H](OC[C@H]3O[C@@H](OCCCCCCNC(=O)OCC(Cl)(Cl)Cl)[C@H](OC(C)=O)[C@@H](OC(C)=O)[C@H]3OC(C)=O)[C@H](OC(C)=O)[C@@H](OC(C)=O)[C@H]2OC(C)=O)[C@H](OC(=O)c2ccccc2)[C@@H](OC(=O)c2ccccc2)[C@@H]1OC. The highest BCUT2D eigenvalue weighted by molar-refractivity contribution is 6.67. The van der Waals surface area contributed by atoms with E-state index < -0.39 is 176 Å². The highest BCUT2D eigenvalue weighted by Gasteiger charge is 2.58. The summed E-state index contributed by atoms with van der Waals surface area (Å²) in [6, 6.07) is 15.2. The molecule has 15 atom stereocenters. The maximum Gasteiger partial charge on any atom is 0.407 e. The van der Waals surface area contributed by atoms with E-state index in [4.69, 9.17) is 115 Å². The van der Waals surface area contributed by atoms with Crippen LogP contribution in [0.25, 0.3) is 0 Å². The molecule has 476 valence electrons. The molecule has 0 aliphatic carbocycles. The molecule has 3 aliphatic rings. The summed E-state index contributed by atoms with van der Waals surface area (Å²) in [4.78, 5) is 130. The van der Waals surface area contributed by atoms with E-state index in [1.165, 1.54) is 31.4 Å². The molecule has 0 bridgehead atoms. The first-order valence-electron chi connectivity index (χ1n) is 26.7. The standard InChI is InChI=1S/C55H68Cl3NO27/c1-28(60)76-38-36(82-51(45(80-32(5)64)41(38)78-30(3)62)72-24-18-10-9-17-23-59-54(69)75-27-55(56,57)58)25-73-52-46(81-33(6)65)42(79-31(4)63)39(77-29(2)61)37(83-52)26-74-53-47(85-49(67)35-21-15-12-16-22-35)43(40(70-7)44(86-53)50(68)71-8)84-48(66)34-19-13-11-14-20-34/h11-16,19-22,36-47,51-53H,9-10,17-18,23-27H2,1-8H3,(H,59,69)/t36-,37-,38+,39+,40+,41+,42+,43+,44+,45-,46-,47-,51-,52-,53-/m1/s1. The summed E-state index contributed by atoms with van der Waals surface area (Å²) in [5, 5.41) is 2.53. The van der Waals surface area contributed by atoms with Crippen molar-refractivity contribution >= 4 is 94.6 Å². The normalized spacial score (nSPS) is 27.1. The molecule has 31 heteroatoms. The van der Waals surface area contributed by atoms with Crippen molar-refractivity contribution < 1.29 is 128 Å². The number of ether oxygens (including phenoxy) is 17. The Hall–Kier alpha value is -6.47. The van der Waals surface area contributed by atoms with Crippen molar-refractivity contribution in [2.45, 2.75) is 163 Å². The molecule has 2 aromatic rings. The van der Waals surface area contributed by atoms with Gasteiger partial charge in [0.05, 0.1) is 31.5 Å². The van der Waals surface area contributed by atoms with Gasteiger partial charge in [-0.05, 0) is 37.1 Å². The third-order valence-electron chi connectivity index (χ3n) is 12.5. The number of amides is 1. The zero-order valence-corrected chi connectivity index (χ0v) is 50.2. The van der Waals surface area contributed by atoms with E-state index in [-0.39, 0.29) is 24.3 Å². The van der Waals surface area contributed by atoms with E-state index >= 15 is 0 Å². The zero-order valence-electron chi connectivity index (χ0n) is 48.0. The van der Waals surface area contributed by atoms with Crippen molar-refractivity contribution in [2.75, 3.05) is 47.2 Å². The number of hydrogen-bond acceptors (Lipinski definition) is 27. The van der Waals surface area contributed by atoms with Crippen LogP contribution >= 0.6 is 34.8 Å². The van der Waals surface area contributed by atoms with Gasteiger partial charge in [0.2, 0.25) is 3.79 Å². The molecule has 0 radical (unpaired) electrons. The molecule has 0 unspecified atom stereocenters. The maximum atomic E-state index is 13.9. The average Bonchev–Trinajstić information content (AvgIpc) is 1.31. The lowest BCUT2D eigenvalue weighted by Crippen LogP contribution is -2.66. The summed E-state index contributed by atoms with van der Waals surface area (Å²) in [6.07, 6.45) is -24.5. The van der Waals surface area contributed by atoms with E-state index in [0.29, 0.717) is 25.7 Å². The summed E-state index contributed by atoms with van der Waals surface area (Å²) in [5.41, 5.74) is 0.0638. The number of nitrogens with one attached hydrogen (secondary N) is 1. The number of rotatable bonds is 27. The fourth-order valence-electron chi connectivity index (χ4n) is 9.09. The molecule has 0 aromatic heterocycles. The van der Waals surface area contributed by atoms with Crippen LogP contribution in [0.1, 0.15) is 87.9 Å². The molecule has 3 saturated heterocycles. The molecule has 3 heterocycles. The van der Waals surface area contributed by atoms with E-state index in [1.54, 1.807) is 36.4 Å². The Morgan fingerprint density at radius 1 is 0.465 bits per heavy atom. The van der Waals surface area contributed by atoms with Crippen LogP contribution in [0.15, 0.2) is 60.7 Å². The van der Waals surface area contributed by atoms with Crippen LogP contribution < -0.4 is 5.32 Å². The number of esters is 9. The lowest BCUT2D eigenvalue weighted by Gasteiger charge is -2.47. The zero-order chi connectivity index (χ0) is 63.3. The number of hydrogen-bond donors (Lipinski definition) is 1. The first-order valence-corrected chi connectivity index (χ1v) is 27.9. The molecule has 0 saturated carbocycles. The Kier molecular flexibility index (Phi) is 27.9. The van der Waals surface area contributed by atoms with Gasteiger partial charge in [-0.2, -0.15) is 0 Å². The van der Waals surface area contributed by atoms with Crippen LogP contribution in [-0.4, -0.2) is 203 Å². The summed E-state index contributed by atoms with van der Waals surface area (Å²) in [7, 11) is 2.21. The minimum atomic E-state index is -1.93. The van der Waals surface area contributed by atoms with Crippen molar-refractivity contribution in [3.8, 4) is 0 Å². The highest BCUT2D eigenvalue weighted by atomic mass is 35.6. The number of halogens is 3. The average molecular weight is 1280 g/mol. The fourth-order valence-corrected chi connectivity index (χ4v) is 9.26. The molecule has 0 spiro atoms. The Balaban J connectivity index is 1.49. The van der Waals surface area contributed by atoms with Crippen molar-refractivity contribution in [3.63, 3.8) is 0 Å². The second-order valence-electron chi connectivity index (χ2n) is 19.2. The monoisotopic (exact) mass is 1280 g/mol. The van der Waals surface area contributed by atoms with Crippen molar-refractivity contribution in [3.05, 3.63) is 71.8 Å². The number of alkyl carbamates (subject to hydrolysis) is 1. The predicted octanol–water partition coefficient (Wildman–Crippen LogP) is 4.10. The maximum absolute atomic E-state index is 13.9. The second kappa shape index (κ2) is 34.2. The Bertz CT molecular complexity index is 2610. The molecule has 1 amide bonds. The molecular weight excluding hydrogens is 1210 g/mol. The molecule has 28 nitrogen and oxygen atoms in total. The van der Waals surface area contributed by atoms with Crippen LogP contribution in [0.5, 0.6) is 0 Å². The van der Waals surface area contributed by atoms with Crippen molar-refractivity contribution in [1.82, 2.24) is 5.32 Å². The largest absolute Gasteiger partial charge is 0.467 e. The number of methoxy groups -OCH3 is 2. The van der Waals surface area contributed by atoms with Crippen LogP contribution in [0.2, 0.25) is 0 Å². The lowest BCUT2D eigenvalue weighted by molar-refractivity contribution is -0.343. The number of carbonyl (C=O) groups excluding carboxylic acids is 10. The smallest absolute Gasteiger partial charge is 0.407 e. The number of benzene rings is 2. The topological polar surface area (TPSA) is 340 Å². The van der Waals surface area contributed by atoms with Crippen molar-refractivity contribution in [2.24, 2.45) is 0 Å². The van der Waals surface area contributed by atoms with Crippen molar-refractivity contribution in [1.29, 1.82) is 0 Å². The Morgan fingerprint density at radius 3 is 1.28 bits per heavy atom. The summed E-state index contributed by atoms with van der Waals surface area (Å²) in [5.74, 6) is -8.69. The first kappa shape index (κ1) is 70.3. The van der Waals surface area contributed by atoms with E-state index in [1.807, 2.05) is 0 Å². The number of unbranched alkanes of at least 4 members (excludes halogenated alkanes) is 3. The Labute approximate surface area is 508 Å². The van der Waals surface area contributed by atoms with Gasteiger partial charge in [0, 0.05) is 61.8 Å². The second-order valence-corrected chi connectivity index (χ2v) is 21.7. The van der Waals surface area contributed by atoms with Gasteiger partial charge in [-0.25, -0.2) is 19.2 Å². The van der Waals surface area contributed by atoms with Crippen LogP contribution in [0.3, 0.4) is 0 Å². The summed E-state index contributed by atoms with van der Waals surface area (Å²) in [6.45, 7) is 4.18. The van der Waals surface area contributed by atoms with Crippen LogP contribution in [-0.2, 0) is 114 Å². The molecule has 5 rings (SSSR count). The van der Waals surface area contributed by atoms with Gasteiger partial charge < -0.3 is 85.8 Å². The van der Waals surface area contributed by atoms with Gasteiger partial charge in [0.1, 0.15) is 24.9 Å². The molecule has 2 aromatic carbocycles. The molecule has 3 aliphatic heterocycles. The van der Waals surface area contributed by atoms with E-state index in [0.717, 1.165) is 48.7 Å². The molecule has 3 fully saturated rings. The van der Waals surface area contributed by atoms with Crippen LogP contribution in [0.4, 0.5) is 4.79 Å². The molecule has 86 heavy (non-hydrogen) atoms. The first-order chi connectivity index (χ1) is 40.8. The lowest BCUT2D eigenvalue weighted by atomic mass is 9.96.